The number of hydrogen-bond donors (Lipinski definition) is 0. The van der Waals surface area contributed by atoms with E-state index in [1.165, 1.54) is 5.56 Å². The topological polar surface area (TPSA) is 35.0 Å². The Morgan fingerprint density at radius 1 is 1.11 bits per heavy atom. The van der Waals surface area contributed by atoms with Crippen molar-refractivity contribution in [3.8, 4) is 17.0 Å². The normalized spacial score (nSPS) is 11.4. The molecule has 100 valence electrons. The van der Waals surface area contributed by atoms with Gasteiger partial charge in [-0.2, -0.15) is 0 Å². The fourth-order valence-electron chi connectivity index (χ4n) is 1.83. The number of aromatic nitrogens is 2. The second-order valence-corrected chi connectivity index (χ2v) is 5.72. The Balaban J connectivity index is 2.45. The van der Waals surface area contributed by atoms with E-state index in [9.17, 15) is 0 Å². The van der Waals surface area contributed by atoms with Gasteiger partial charge in [0, 0.05) is 5.56 Å². The molecule has 0 atom stereocenters. The summed E-state index contributed by atoms with van der Waals surface area (Å²) in [4.78, 5) is 8.16. The molecule has 19 heavy (non-hydrogen) atoms. The van der Waals surface area contributed by atoms with E-state index in [1.54, 1.807) is 13.3 Å². The molecule has 1 heterocycles. The molecule has 0 radical (unpaired) electrons. The van der Waals surface area contributed by atoms with E-state index in [4.69, 9.17) is 16.3 Å². The lowest BCUT2D eigenvalue weighted by molar-refractivity contribution is 0.412. The summed E-state index contributed by atoms with van der Waals surface area (Å²) < 4.78 is 5.27. The van der Waals surface area contributed by atoms with Crippen LogP contribution in [-0.4, -0.2) is 17.1 Å². The van der Waals surface area contributed by atoms with Gasteiger partial charge in [-0.15, -0.1) is 0 Å². The second kappa shape index (κ2) is 5.17. The number of nitrogens with zero attached hydrogens (tertiary/aromatic N) is 2. The van der Waals surface area contributed by atoms with Gasteiger partial charge in [0.15, 0.2) is 5.75 Å². The zero-order valence-corrected chi connectivity index (χ0v) is 12.3. The molecule has 0 spiro atoms. The van der Waals surface area contributed by atoms with Gasteiger partial charge in [-0.25, -0.2) is 9.97 Å². The van der Waals surface area contributed by atoms with E-state index >= 15 is 0 Å². The van der Waals surface area contributed by atoms with Crippen molar-refractivity contribution in [1.29, 1.82) is 0 Å². The monoisotopic (exact) mass is 276 g/mol. The van der Waals surface area contributed by atoms with Gasteiger partial charge in [0.1, 0.15) is 5.69 Å². The summed E-state index contributed by atoms with van der Waals surface area (Å²) in [7, 11) is 1.60. The molecule has 0 aliphatic rings. The number of benzene rings is 1. The van der Waals surface area contributed by atoms with Crippen LogP contribution < -0.4 is 4.74 Å². The molecule has 0 aliphatic carbocycles. The number of methoxy groups -OCH3 is 1. The smallest absolute Gasteiger partial charge is 0.223 e. The first kappa shape index (κ1) is 13.8. The van der Waals surface area contributed by atoms with Gasteiger partial charge in [0.25, 0.3) is 0 Å². The van der Waals surface area contributed by atoms with Crippen molar-refractivity contribution >= 4 is 11.6 Å². The largest absolute Gasteiger partial charge is 0.493 e. The fraction of sp³-hybridized carbons (Fsp3) is 0.333. The van der Waals surface area contributed by atoms with Gasteiger partial charge in [-0.05, 0) is 22.6 Å². The fourth-order valence-corrected chi connectivity index (χ4v) is 1.97. The van der Waals surface area contributed by atoms with Crippen molar-refractivity contribution < 1.29 is 4.74 Å². The lowest BCUT2D eigenvalue weighted by Gasteiger charge is -2.19. The highest BCUT2D eigenvalue weighted by atomic mass is 35.5. The molecule has 1 aromatic heterocycles. The molecule has 0 amide bonds. The predicted molar refractivity (Wildman–Crippen MR) is 77.7 cm³/mol. The van der Waals surface area contributed by atoms with E-state index in [1.807, 2.05) is 12.1 Å². The Morgan fingerprint density at radius 2 is 1.74 bits per heavy atom. The van der Waals surface area contributed by atoms with Gasteiger partial charge in [0.05, 0.1) is 13.3 Å². The van der Waals surface area contributed by atoms with E-state index in [2.05, 4.69) is 42.9 Å². The lowest BCUT2D eigenvalue weighted by Crippen LogP contribution is -2.10. The SMILES string of the molecule is COc1cnc(Cl)nc1-c1ccc(C(C)(C)C)cc1. The summed E-state index contributed by atoms with van der Waals surface area (Å²) in [5, 5.41) is 0.218. The summed E-state index contributed by atoms with van der Waals surface area (Å²) in [6.45, 7) is 6.55. The van der Waals surface area contributed by atoms with Gasteiger partial charge in [-0.1, -0.05) is 45.0 Å². The molecule has 0 bridgehead atoms. The quantitative estimate of drug-likeness (QED) is 0.775. The van der Waals surface area contributed by atoms with Gasteiger partial charge in [-0.3, -0.25) is 0 Å². The van der Waals surface area contributed by atoms with Crippen LogP contribution in [0.5, 0.6) is 5.75 Å². The maximum Gasteiger partial charge on any atom is 0.223 e. The van der Waals surface area contributed by atoms with Crippen LogP contribution in [0.25, 0.3) is 11.3 Å². The summed E-state index contributed by atoms with van der Waals surface area (Å²) in [5.41, 5.74) is 3.08. The number of ether oxygens (including phenoxy) is 1. The summed E-state index contributed by atoms with van der Waals surface area (Å²) in [6, 6.07) is 8.26. The van der Waals surface area contributed by atoms with Crippen molar-refractivity contribution in [1.82, 2.24) is 9.97 Å². The molecule has 3 nitrogen and oxygen atoms in total. The van der Waals surface area contributed by atoms with Gasteiger partial charge in [0.2, 0.25) is 5.28 Å². The van der Waals surface area contributed by atoms with Gasteiger partial charge < -0.3 is 4.74 Å². The average molecular weight is 277 g/mol. The third-order valence-electron chi connectivity index (χ3n) is 2.97. The number of halogens is 1. The Morgan fingerprint density at radius 3 is 2.26 bits per heavy atom. The molecule has 4 heteroatoms. The molecular weight excluding hydrogens is 260 g/mol. The Kier molecular flexibility index (Phi) is 3.76. The van der Waals surface area contributed by atoms with Crippen LogP contribution in [0, 0.1) is 0 Å². The highest BCUT2D eigenvalue weighted by Gasteiger charge is 2.14. The first-order valence-electron chi connectivity index (χ1n) is 6.09. The van der Waals surface area contributed by atoms with Crippen LogP contribution in [0.1, 0.15) is 26.3 Å². The van der Waals surface area contributed by atoms with E-state index in [-0.39, 0.29) is 10.7 Å². The van der Waals surface area contributed by atoms with E-state index in [0.29, 0.717) is 11.4 Å². The molecule has 0 N–H and O–H groups in total. The minimum atomic E-state index is 0.131. The molecule has 0 unspecified atom stereocenters. The van der Waals surface area contributed by atoms with Crippen molar-refractivity contribution in [3.05, 3.63) is 41.3 Å². The highest BCUT2D eigenvalue weighted by Crippen LogP contribution is 2.30. The van der Waals surface area contributed by atoms with Crippen LogP contribution in [0.15, 0.2) is 30.5 Å². The van der Waals surface area contributed by atoms with Crippen molar-refractivity contribution in [2.45, 2.75) is 26.2 Å². The van der Waals surface area contributed by atoms with Crippen molar-refractivity contribution in [3.63, 3.8) is 0 Å². The average Bonchev–Trinajstić information content (AvgIpc) is 2.38. The molecule has 1 aromatic carbocycles. The highest BCUT2D eigenvalue weighted by molar-refractivity contribution is 6.28. The minimum absolute atomic E-state index is 0.131. The first-order chi connectivity index (χ1) is 8.91. The molecular formula is C15H17ClN2O. The molecule has 0 saturated carbocycles. The maximum atomic E-state index is 5.85. The van der Waals surface area contributed by atoms with Crippen LogP contribution in [0.3, 0.4) is 0 Å². The van der Waals surface area contributed by atoms with E-state index < -0.39 is 0 Å². The van der Waals surface area contributed by atoms with E-state index in [0.717, 1.165) is 5.56 Å². The summed E-state index contributed by atoms with van der Waals surface area (Å²) in [6.07, 6.45) is 1.59. The van der Waals surface area contributed by atoms with Crippen LogP contribution in [0.2, 0.25) is 5.28 Å². The van der Waals surface area contributed by atoms with Crippen LogP contribution in [0.4, 0.5) is 0 Å². The molecule has 0 saturated heterocycles. The maximum absolute atomic E-state index is 5.85. The van der Waals surface area contributed by atoms with Crippen molar-refractivity contribution in [2.24, 2.45) is 0 Å². The van der Waals surface area contributed by atoms with Crippen molar-refractivity contribution in [2.75, 3.05) is 7.11 Å². The first-order valence-corrected chi connectivity index (χ1v) is 6.47. The summed E-state index contributed by atoms with van der Waals surface area (Å²) in [5.74, 6) is 0.618. The summed E-state index contributed by atoms with van der Waals surface area (Å²) >= 11 is 5.85. The number of rotatable bonds is 2. The van der Waals surface area contributed by atoms with Crippen LogP contribution in [-0.2, 0) is 5.41 Å². The number of hydrogen-bond acceptors (Lipinski definition) is 3. The zero-order chi connectivity index (χ0) is 14.0. The van der Waals surface area contributed by atoms with Crippen LogP contribution >= 0.6 is 11.6 Å². The molecule has 0 fully saturated rings. The molecule has 0 aliphatic heterocycles. The minimum Gasteiger partial charge on any atom is -0.493 e. The second-order valence-electron chi connectivity index (χ2n) is 5.38. The van der Waals surface area contributed by atoms with Gasteiger partial charge >= 0.3 is 0 Å². The molecule has 2 rings (SSSR count). The Bertz CT molecular complexity index is 574. The third-order valence-corrected chi connectivity index (χ3v) is 3.15. The zero-order valence-electron chi connectivity index (χ0n) is 11.6. The molecule has 2 aromatic rings. The third kappa shape index (κ3) is 3.04. The Hall–Kier alpha value is -1.61. The lowest BCUT2D eigenvalue weighted by atomic mass is 9.86. The standard InChI is InChI=1S/C15H17ClN2O/c1-15(2,3)11-7-5-10(6-8-11)13-12(19-4)9-17-14(16)18-13/h5-9H,1-4H3. The predicted octanol–water partition coefficient (Wildman–Crippen LogP) is 4.10. The Labute approximate surface area is 118 Å².